The van der Waals surface area contributed by atoms with Crippen molar-refractivity contribution >= 4 is 15.7 Å². The molecule has 0 radical (unpaired) electrons. The minimum absolute atomic E-state index is 0.000707. The Bertz CT molecular complexity index is 621. The van der Waals surface area contributed by atoms with Crippen LogP contribution in [0.15, 0.2) is 30.3 Å². The van der Waals surface area contributed by atoms with Crippen LogP contribution in [0.25, 0.3) is 0 Å². The monoisotopic (exact) mass is 323 g/mol. The van der Waals surface area contributed by atoms with E-state index >= 15 is 0 Å². The molecule has 0 N–H and O–H groups in total. The van der Waals surface area contributed by atoms with Gasteiger partial charge in [-0.15, -0.1) is 0 Å². The van der Waals surface area contributed by atoms with Crippen LogP contribution >= 0.6 is 0 Å². The first-order chi connectivity index (χ1) is 10.5. The number of carbonyl (C=O) groups is 1. The van der Waals surface area contributed by atoms with E-state index in [-0.39, 0.29) is 29.4 Å². The van der Waals surface area contributed by atoms with Crippen molar-refractivity contribution in [1.82, 2.24) is 4.90 Å². The molecule has 0 aromatic heterocycles. The number of benzene rings is 1. The molecule has 2 saturated heterocycles. The molecule has 1 aromatic rings. The summed E-state index contributed by atoms with van der Waals surface area (Å²) < 4.78 is 28.9. The molecule has 1 unspecified atom stereocenters. The number of hydrogen-bond donors (Lipinski definition) is 0. The van der Waals surface area contributed by atoms with Crippen LogP contribution in [0.1, 0.15) is 19.3 Å². The first-order valence-corrected chi connectivity index (χ1v) is 9.56. The summed E-state index contributed by atoms with van der Waals surface area (Å²) in [6.07, 6.45) is 2.18. The molecule has 2 aliphatic rings. The molecule has 0 spiro atoms. The Labute approximate surface area is 131 Å². The molecule has 22 heavy (non-hydrogen) atoms. The molecule has 1 aromatic carbocycles. The number of likely N-dealkylation sites (tertiary alicyclic amines) is 1. The lowest BCUT2D eigenvalue weighted by atomic mass is 10.0. The highest BCUT2D eigenvalue weighted by molar-refractivity contribution is 7.91. The van der Waals surface area contributed by atoms with Gasteiger partial charge in [0, 0.05) is 25.9 Å². The van der Waals surface area contributed by atoms with E-state index in [1.165, 1.54) is 0 Å². The molecule has 0 aliphatic carbocycles. The zero-order chi connectivity index (χ0) is 15.6. The van der Waals surface area contributed by atoms with Crippen LogP contribution in [-0.4, -0.2) is 49.9 Å². The Hall–Kier alpha value is -1.56. The lowest BCUT2D eigenvalue weighted by Crippen LogP contribution is -2.44. The van der Waals surface area contributed by atoms with E-state index in [9.17, 15) is 13.2 Å². The van der Waals surface area contributed by atoms with Crippen LogP contribution in [0.5, 0.6) is 5.75 Å². The molecule has 1 amide bonds. The zero-order valence-corrected chi connectivity index (χ0v) is 13.3. The van der Waals surface area contributed by atoms with Gasteiger partial charge in [-0.2, -0.15) is 0 Å². The smallest absolute Gasteiger partial charge is 0.226 e. The van der Waals surface area contributed by atoms with Gasteiger partial charge in [0.1, 0.15) is 11.9 Å². The SMILES string of the molecule is O=C(C1CCS(=O)(=O)C1)N1CCC(Oc2ccccc2)CC1. The number of hydrogen-bond acceptors (Lipinski definition) is 4. The fourth-order valence-corrected chi connectivity index (χ4v) is 4.87. The highest BCUT2D eigenvalue weighted by atomic mass is 32.2. The molecule has 0 saturated carbocycles. The van der Waals surface area contributed by atoms with Crippen molar-refractivity contribution in [2.24, 2.45) is 5.92 Å². The second-order valence-electron chi connectivity index (χ2n) is 6.06. The topological polar surface area (TPSA) is 63.7 Å². The third-order valence-electron chi connectivity index (χ3n) is 4.38. The van der Waals surface area contributed by atoms with Crippen molar-refractivity contribution in [3.05, 3.63) is 30.3 Å². The van der Waals surface area contributed by atoms with Crippen LogP contribution in [0.4, 0.5) is 0 Å². The molecule has 2 aliphatic heterocycles. The maximum absolute atomic E-state index is 12.4. The highest BCUT2D eigenvalue weighted by Crippen LogP contribution is 2.24. The highest BCUT2D eigenvalue weighted by Gasteiger charge is 2.36. The standard InChI is InChI=1S/C16H21NO4S/c18-16(13-8-11-22(19,20)12-13)17-9-6-15(7-10-17)21-14-4-2-1-3-5-14/h1-5,13,15H,6-12H2. The van der Waals surface area contributed by atoms with Crippen molar-refractivity contribution in [2.75, 3.05) is 24.6 Å². The van der Waals surface area contributed by atoms with Gasteiger partial charge in [-0.3, -0.25) is 4.79 Å². The minimum atomic E-state index is -3.00. The van der Waals surface area contributed by atoms with E-state index in [1.54, 1.807) is 4.90 Å². The Kier molecular flexibility index (Phi) is 4.38. The number of carbonyl (C=O) groups excluding carboxylic acids is 1. The van der Waals surface area contributed by atoms with Crippen LogP contribution in [-0.2, 0) is 14.6 Å². The van der Waals surface area contributed by atoms with Gasteiger partial charge < -0.3 is 9.64 Å². The first-order valence-electron chi connectivity index (χ1n) is 7.74. The fraction of sp³-hybridized carbons (Fsp3) is 0.562. The number of amides is 1. The zero-order valence-electron chi connectivity index (χ0n) is 12.5. The summed E-state index contributed by atoms with van der Waals surface area (Å²) in [5, 5.41) is 0. The van der Waals surface area contributed by atoms with E-state index < -0.39 is 9.84 Å². The predicted molar refractivity (Wildman–Crippen MR) is 83.4 cm³/mol. The molecular weight excluding hydrogens is 302 g/mol. The summed E-state index contributed by atoms with van der Waals surface area (Å²) >= 11 is 0. The van der Waals surface area contributed by atoms with Gasteiger partial charge >= 0.3 is 0 Å². The summed E-state index contributed by atoms with van der Waals surface area (Å²) in [4.78, 5) is 14.2. The van der Waals surface area contributed by atoms with Crippen LogP contribution in [0, 0.1) is 5.92 Å². The molecule has 2 heterocycles. The number of rotatable bonds is 3. The van der Waals surface area contributed by atoms with Gasteiger partial charge in [-0.1, -0.05) is 18.2 Å². The lowest BCUT2D eigenvalue weighted by Gasteiger charge is -2.33. The van der Waals surface area contributed by atoms with E-state index in [2.05, 4.69) is 0 Å². The van der Waals surface area contributed by atoms with Crippen LogP contribution in [0.2, 0.25) is 0 Å². The van der Waals surface area contributed by atoms with Crippen molar-refractivity contribution in [2.45, 2.75) is 25.4 Å². The normalized spacial score (nSPS) is 25.1. The average Bonchev–Trinajstić information content (AvgIpc) is 2.88. The Morgan fingerprint density at radius 2 is 1.77 bits per heavy atom. The van der Waals surface area contributed by atoms with Crippen LogP contribution in [0.3, 0.4) is 0 Å². The number of nitrogens with zero attached hydrogens (tertiary/aromatic N) is 1. The van der Waals surface area contributed by atoms with E-state index in [1.807, 2.05) is 30.3 Å². The van der Waals surface area contributed by atoms with Crippen molar-refractivity contribution < 1.29 is 17.9 Å². The predicted octanol–water partition coefficient (Wildman–Crippen LogP) is 1.49. The fourth-order valence-electron chi connectivity index (χ4n) is 3.13. The van der Waals surface area contributed by atoms with E-state index in [0.717, 1.165) is 18.6 Å². The number of sulfone groups is 1. The van der Waals surface area contributed by atoms with Crippen molar-refractivity contribution in [3.8, 4) is 5.75 Å². The summed E-state index contributed by atoms with van der Waals surface area (Å²) in [5.74, 6) is 0.688. The Balaban J connectivity index is 1.50. The maximum Gasteiger partial charge on any atom is 0.226 e. The summed E-state index contributed by atoms with van der Waals surface area (Å²) in [7, 11) is -3.00. The Morgan fingerprint density at radius 3 is 2.36 bits per heavy atom. The minimum Gasteiger partial charge on any atom is -0.490 e. The lowest BCUT2D eigenvalue weighted by molar-refractivity contribution is -0.136. The van der Waals surface area contributed by atoms with Gasteiger partial charge in [0.05, 0.1) is 17.4 Å². The van der Waals surface area contributed by atoms with E-state index in [4.69, 9.17) is 4.74 Å². The van der Waals surface area contributed by atoms with Gasteiger partial charge in [-0.05, 0) is 18.6 Å². The second-order valence-corrected chi connectivity index (χ2v) is 8.28. The van der Waals surface area contributed by atoms with Crippen molar-refractivity contribution in [3.63, 3.8) is 0 Å². The molecule has 5 nitrogen and oxygen atoms in total. The summed E-state index contributed by atoms with van der Waals surface area (Å²) in [6, 6.07) is 9.69. The van der Waals surface area contributed by atoms with Gasteiger partial charge in [-0.25, -0.2) is 8.42 Å². The largest absolute Gasteiger partial charge is 0.490 e. The number of piperidine rings is 1. The third kappa shape index (κ3) is 3.61. The molecule has 6 heteroatoms. The van der Waals surface area contributed by atoms with E-state index in [0.29, 0.717) is 19.5 Å². The molecule has 1 atom stereocenters. The van der Waals surface area contributed by atoms with Crippen LogP contribution < -0.4 is 4.74 Å². The molecule has 120 valence electrons. The second kappa shape index (κ2) is 6.28. The van der Waals surface area contributed by atoms with Crippen molar-refractivity contribution in [1.29, 1.82) is 0 Å². The quantitative estimate of drug-likeness (QED) is 0.845. The Morgan fingerprint density at radius 1 is 1.09 bits per heavy atom. The summed E-state index contributed by atoms with van der Waals surface area (Å²) in [6.45, 7) is 1.29. The van der Waals surface area contributed by atoms with Gasteiger partial charge in [0.25, 0.3) is 0 Å². The average molecular weight is 323 g/mol. The van der Waals surface area contributed by atoms with Gasteiger partial charge in [0.2, 0.25) is 5.91 Å². The molecule has 3 rings (SSSR count). The molecule has 2 fully saturated rings. The summed E-state index contributed by atoms with van der Waals surface area (Å²) in [5.41, 5.74) is 0. The number of ether oxygens (including phenoxy) is 1. The van der Waals surface area contributed by atoms with Gasteiger partial charge in [0.15, 0.2) is 9.84 Å². The molecular formula is C16H21NO4S. The number of para-hydroxylation sites is 1. The molecule has 0 bridgehead atoms. The third-order valence-corrected chi connectivity index (χ3v) is 6.15. The maximum atomic E-state index is 12.4. The first kappa shape index (κ1) is 15.3.